The molecule has 3 heteroatoms. The second-order valence-electron chi connectivity index (χ2n) is 7.26. The van der Waals surface area contributed by atoms with E-state index in [0.29, 0.717) is 5.41 Å². The Balaban J connectivity index is 1.86. The van der Waals surface area contributed by atoms with Crippen LogP contribution >= 0.6 is 0 Å². The van der Waals surface area contributed by atoms with E-state index < -0.39 is 0 Å². The van der Waals surface area contributed by atoms with Crippen molar-refractivity contribution in [3.8, 4) is 0 Å². The molecule has 1 aliphatic rings. The van der Waals surface area contributed by atoms with Gasteiger partial charge in [-0.2, -0.15) is 0 Å². The van der Waals surface area contributed by atoms with Crippen LogP contribution in [0.2, 0.25) is 0 Å². The molecule has 0 aromatic carbocycles. The lowest BCUT2D eigenvalue weighted by molar-refractivity contribution is 0.166. The number of rotatable bonds is 8. The Kier molecular flexibility index (Phi) is 6.19. The van der Waals surface area contributed by atoms with Gasteiger partial charge in [0.25, 0.3) is 0 Å². The number of aromatic nitrogens is 1. The van der Waals surface area contributed by atoms with Gasteiger partial charge in [-0.3, -0.25) is 4.98 Å². The van der Waals surface area contributed by atoms with E-state index in [1.165, 1.54) is 44.3 Å². The summed E-state index contributed by atoms with van der Waals surface area (Å²) in [5.74, 6) is 0.734. The van der Waals surface area contributed by atoms with Crippen LogP contribution < -0.4 is 5.32 Å². The lowest BCUT2D eigenvalue weighted by Gasteiger charge is -2.34. The molecule has 0 bridgehead atoms. The van der Waals surface area contributed by atoms with Crippen molar-refractivity contribution in [1.82, 2.24) is 15.2 Å². The van der Waals surface area contributed by atoms with Crippen LogP contribution in [0.5, 0.6) is 0 Å². The van der Waals surface area contributed by atoms with E-state index >= 15 is 0 Å². The third-order valence-corrected chi connectivity index (χ3v) is 4.52. The second kappa shape index (κ2) is 7.90. The van der Waals surface area contributed by atoms with Crippen LogP contribution in [0.1, 0.15) is 45.1 Å². The Labute approximate surface area is 130 Å². The van der Waals surface area contributed by atoms with Crippen molar-refractivity contribution >= 4 is 0 Å². The molecule has 0 amide bonds. The topological polar surface area (TPSA) is 28.2 Å². The van der Waals surface area contributed by atoms with Crippen molar-refractivity contribution < 1.29 is 0 Å². The number of hydrogen-bond acceptors (Lipinski definition) is 3. The van der Waals surface area contributed by atoms with Gasteiger partial charge in [0.05, 0.1) is 0 Å². The van der Waals surface area contributed by atoms with Crippen LogP contribution in [-0.4, -0.2) is 36.6 Å². The molecule has 3 nitrogen and oxygen atoms in total. The van der Waals surface area contributed by atoms with E-state index in [-0.39, 0.29) is 0 Å². The second-order valence-corrected chi connectivity index (χ2v) is 7.26. The highest BCUT2D eigenvalue weighted by Crippen LogP contribution is 2.38. The summed E-state index contributed by atoms with van der Waals surface area (Å²) in [6, 6.07) is 4.24. The first-order chi connectivity index (χ1) is 10.1. The minimum absolute atomic E-state index is 0.483. The minimum atomic E-state index is 0.483. The van der Waals surface area contributed by atoms with Crippen LogP contribution in [0.25, 0.3) is 0 Å². The monoisotopic (exact) mass is 289 g/mol. The summed E-state index contributed by atoms with van der Waals surface area (Å²) in [5, 5.41) is 3.70. The third-order valence-electron chi connectivity index (χ3n) is 4.52. The molecule has 1 heterocycles. The van der Waals surface area contributed by atoms with E-state index in [0.717, 1.165) is 19.0 Å². The molecule has 1 fully saturated rings. The van der Waals surface area contributed by atoms with Crippen LogP contribution in [0.4, 0.5) is 0 Å². The highest BCUT2D eigenvalue weighted by atomic mass is 15.1. The summed E-state index contributed by atoms with van der Waals surface area (Å²) < 4.78 is 0. The van der Waals surface area contributed by atoms with E-state index in [2.05, 4.69) is 48.2 Å². The first kappa shape index (κ1) is 16.4. The van der Waals surface area contributed by atoms with Gasteiger partial charge in [0.2, 0.25) is 0 Å². The highest BCUT2D eigenvalue weighted by molar-refractivity contribution is 5.09. The normalized spacial score (nSPS) is 17.8. The lowest BCUT2D eigenvalue weighted by Crippen LogP contribution is -2.42. The SMILES string of the molecule is CC(C)CNCC1(CN(C)Cc2ccncc2)CCCC1. The van der Waals surface area contributed by atoms with Crippen molar-refractivity contribution in [2.24, 2.45) is 11.3 Å². The third kappa shape index (κ3) is 5.40. The van der Waals surface area contributed by atoms with Gasteiger partial charge in [0.1, 0.15) is 0 Å². The first-order valence-corrected chi connectivity index (χ1v) is 8.38. The average molecular weight is 289 g/mol. The molecule has 0 aliphatic heterocycles. The maximum atomic E-state index is 4.10. The molecular weight excluding hydrogens is 258 g/mol. The van der Waals surface area contributed by atoms with E-state index in [9.17, 15) is 0 Å². The summed E-state index contributed by atoms with van der Waals surface area (Å²) in [7, 11) is 2.25. The zero-order valence-electron chi connectivity index (χ0n) is 13.9. The van der Waals surface area contributed by atoms with Gasteiger partial charge in [-0.05, 0) is 55.5 Å². The van der Waals surface area contributed by atoms with E-state index in [1.54, 1.807) is 0 Å². The summed E-state index contributed by atoms with van der Waals surface area (Å²) in [6.07, 6.45) is 9.31. The molecule has 0 saturated heterocycles. The summed E-state index contributed by atoms with van der Waals surface area (Å²) in [4.78, 5) is 6.58. The minimum Gasteiger partial charge on any atom is -0.316 e. The van der Waals surface area contributed by atoms with Gasteiger partial charge in [-0.25, -0.2) is 0 Å². The molecule has 1 saturated carbocycles. The molecule has 1 aromatic heterocycles. The van der Waals surface area contributed by atoms with E-state index in [4.69, 9.17) is 0 Å². The van der Waals surface area contributed by atoms with Gasteiger partial charge in [-0.1, -0.05) is 26.7 Å². The molecule has 0 spiro atoms. The predicted molar refractivity (Wildman–Crippen MR) is 89.2 cm³/mol. The lowest BCUT2D eigenvalue weighted by atomic mass is 9.85. The van der Waals surface area contributed by atoms with Gasteiger partial charge >= 0.3 is 0 Å². The van der Waals surface area contributed by atoms with Gasteiger partial charge in [0.15, 0.2) is 0 Å². The zero-order valence-corrected chi connectivity index (χ0v) is 13.9. The van der Waals surface area contributed by atoms with Crippen molar-refractivity contribution in [2.45, 2.75) is 46.1 Å². The van der Waals surface area contributed by atoms with Gasteiger partial charge in [0, 0.05) is 32.0 Å². The Morgan fingerprint density at radius 2 is 1.90 bits per heavy atom. The Morgan fingerprint density at radius 1 is 1.24 bits per heavy atom. The number of nitrogens with one attached hydrogen (secondary N) is 1. The molecule has 21 heavy (non-hydrogen) atoms. The maximum absolute atomic E-state index is 4.10. The Morgan fingerprint density at radius 3 is 2.52 bits per heavy atom. The molecule has 0 atom stereocenters. The molecule has 1 aliphatic carbocycles. The summed E-state index contributed by atoms with van der Waals surface area (Å²) >= 11 is 0. The molecule has 2 rings (SSSR count). The summed E-state index contributed by atoms with van der Waals surface area (Å²) in [5.41, 5.74) is 1.84. The average Bonchev–Trinajstić information content (AvgIpc) is 2.87. The molecule has 1 N–H and O–H groups in total. The van der Waals surface area contributed by atoms with Crippen molar-refractivity contribution in [3.05, 3.63) is 30.1 Å². The largest absolute Gasteiger partial charge is 0.316 e. The highest BCUT2D eigenvalue weighted by Gasteiger charge is 2.34. The fraction of sp³-hybridized carbons (Fsp3) is 0.722. The number of nitrogens with zero attached hydrogens (tertiary/aromatic N) is 2. The van der Waals surface area contributed by atoms with Crippen LogP contribution in [0, 0.1) is 11.3 Å². The smallest absolute Gasteiger partial charge is 0.0271 e. The first-order valence-electron chi connectivity index (χ1n) is 8.38. The summed E-state index contributed by atoms with van der Waals surface area (Å²) in [6.45, 7) is 9.09. The molecule has 0 radical (unpaired) electrons. The molecule has 0 unspecified atom stereocenters. The quantitative estimate of drug-likeness (QED) is 0.796. The van der Waals surface area contributed by atoms with E-state index in [1.807, 2.05) is 12.4 Å². The standard InChI is InChI=1S/C18H31N3/c1-16(2)12-20-14-18(8-4-5-9-18)15-21(3)13-17-6-10-19-11-7-17/h6-7,10-11,16,20H,4-5,8-9,12-15H2,1-3H3. The molecule has 118 valence electrons. The number of pyridine rings is 1. The van der Waals surface area contributed by atoms with Crippen LogP contribution in [0.15, 0.2) is 24.5 Å². The molecule has 1 aromatic rings. The Hall–Kier alpha value is -0.930. The van der Waals surface area contributed by atoms with Crippen molar-refractivity contribution in [1.29, 1.82) is 0 Å². The predicted octanol–water partition coefficient (Wildman–Crippen LogP) is 3.32. The fourth-order valence-corrected chi connectivity index (χ4v) is 3.57. The van der Waals surface area contributed by atoms with Crippen molar-refractivity contribution in [2.75, 3.05) is 26.7 Å². The van der Waals surface area contributed by atoms with Crippen LogP contribution in [-0.2, 0) is 6.54 Å². The van der Waals surface area contributed by atoms with Crippen molar-refractivity contribution in [3.63, 3.8) is 0 Å². The number of hydrogen-bond donors (Lipinski definition) is 1. The maximum Gasteiger partial charge on any atom is 0.0271 e. The van der Waals surface area contributed by atoms with Crippen LogP contribution in [0.3, 0.4) is 0 Å². The van der Waals surface area contributed by atoms with Gasteiger partial charge < -0.3 is 10.2 Å². The Bertz CT molecular complexity index is 396. The molecular formula is C18H31N3. The van der Waals surface area contributed by atoms with Gasteiger partial charge in [-0.15, -0.1) is 0 Å². The fourth-order valence-electron chi connectivity index (χ4n) is 3.57. The zero-order chi connectivity index (χ0) is 15.1.